The Kier molecular flexibility index (Phi) is 6.75. The summed E-state index contributed by atoms with van der Waals surface area (Å²) in [6.45, 7) is 8.26. The van der Waals surface area contributed by atoms with Gasteiger partial charge < -0.3 is 14.8 Å². The monoisotopic (exact) mass is 453 g/mol. The first-order chi connectivity index (χ1) is 15.1. The molecule has 0 aliphatic carbocycles. The summed E-state index contributed by atoms with van der Waals surface area (Å²) in [5, 5.41) is 4.23. The molecular formula is C23H24ClN5OS. The molecule has 0 spiro atoms. The number of halogens is 1. The van der Waals surface area contributed by atoms with Gasteiger partial charge in [0.15, 0.2) is 5.17 Å². The minimum Gasteiger partial charge on any atom is -0.333 e. The van der Waals surface area contributed by atoms with E-state index >= 15 is 0 Å². The summed E-state index contributed by atoms with van der Waals surface area (Å²) < 4.78 is 2.17. The van der Waals surface area contributed by atoms with E-state index in [2.05, 4.69) is 44.7 Å². The molecular weight excluding hydrogens is 430 g/mol. The van der Waals surface area contributed by atoms with E-state index < -0.39 is 0 Å². The van der Waals surface area contributed by atoms with Crippen LogP contribution in [-0.2, 0) is 11.3 Å². The second kappa shape index (κ2) is 9.68. The van der Waals surface area contributed by atoms with Crippen LogP contribution in [-0.4, -0.2) is 45.2 Å². The molecule has 160 valence electrons. The van der Waals surface area contributed by atoms with Gasteiger partial charge in [-0.3, -0.25) is 4.79 Å². The third-order valence-electron chi connectivity index (χ3n) is 5.23. The number of carbonyl (C=O) groups is 1. The van der Waals surface area contributed by atoms with Crippen LogP contribution in [0.5, 0.6) is 0 Å². The molecule has 1 aromatic heterocycles. The lowest BCUT2D eigenvalue weighted by atomic mass is 10.2. The third kappa shape index (κ3) is 5.01. The van der Waals surface area contributed by atoms with E-state index in [1.165, 1.54) is 11.8 Å². The Hall–Kier alpha value is -2.61. The number of amidine groups is 1. The number of aliphatic imine (C=N–C) groups is 1. The Labute approximate surface area is 191 Å². The predicted molar refractivity (Wildman–Crippen MR) is 131 cm³/mol. The van der Waals surface area contributed by atoms with Gasteiger partial charge in [-0.2, -0.15) is 4.99 Å². The lowest BCUT2D eigenvalue weighted by Gasteiger charge is -2.18. The van der Waals surface area contributed by atoms with Gasteiger partial charge in [0.25, 0.3) is 5.91 Å². The standard InChI is InChI=1S/C23H24ClN5OS/c1-3-28(4-2)11-12-29-15-25-19-10-9-16(13-20(19)29)14-21-22(30)27-23(31-21)26-18-8-6-5-7-17(18)24/h5-10,13-15H,3-4,11-12H2,1-2H3,(H,26,27,30)/b21-14-. The summed E-state index contributed by atoms with van der Waals surface area (Å²) in [6, 6.07) is 13.4. The maximum Gasteiger partial charge on any atom is 0.286 e. The smallest absolute Gasteiger partial charge is 0.286 e. The van der Waals surface area contributed by atoms with Gasteiger partial charge in [-0.1, -0.05) is 43.6 Å². The molecule has 0 atom stereocenters. The van der Waals surface area contributed by atoms with Crippen LogP contribution >= 0.6 is 23.4 Å². The maximum atomic E-state index is 12.4. The van der Waals surface area contributed by atoms with Crippen LogP contribution in [0.25, 0.3) is 17.1 Å². The fraction of sp³-hybridized carbons (Fsp3) is 0.261. The molecule has 4 rings (SSSR count). The zero-order valence-corrected chi connectivity index (χ0v) is 19.1. The molecule has 0 bridgehead atoms. The summed E-state index contributed by atoms with van der Waals surface area (Å²) in [7, 11) is 0. The number of benzene rings is 2. The Bertz CT molecular complexity index is 1170. The Morgan fingerprint density at radius 3 is 2.77 bits per heavy atom. The van der Waals surface area contributed by atoms with Crippen LogP contribution < -0.4 is 5.32 Å². The van der Waals surface area contributed by atoms with Crippen LogP contribution in [0.3, 0.4) is 0 Å². The molecule has 2 aromatic carbocycles. The highest BCUT2D eigenvalue weighted by atomic mass is 35.5. The van der Waals surface area contributed by atoms with Gasteiger partial charge >= 0.3 is 0 Å². The topological polar surface area (TPSA) is 62.5 Å². The van der Waals surface area contributed by atoms with Crippen LogP contribution in [0.4, 0.5) is 5.69 Å². The van der Waals surface area contributed by atoms with E-state index in [1.54, 1.807) is 6.07 Å². The molecule has 31 heavy (non-hydrogen) atoms. The second-order valence-electron chi connectivity index (χ2n) is 7.15. The molecule has 3 aromatic rings. The van der Waals surface area contributed by atoms with Gasteiger partial charge in [0, 0.05) is 13.1 Å². The number of hydrogen-bond acceptors (Lipinski definition) is 5. The first-order valence-corrected chi connectivity index (χ1v) is 11.5. The lowest BCUT2D eigenvalue weighted by molar-refractivity contribution is -0.113. The highest BCUT2D eigenvalue weighted by Crippen LogP contribution is 2.31. The molecule has 0 unspecified atom stereocenters. The highest BCUT2D eigenvalue weighted by molar-refractivity contribution is 8.18. The van der Waals surface area contributed by atoms with Gasteiger partial charge in [-0.15, -0.1) is 0 Å². The number of hydrogen-bond donors (Lipinski definition) is 1. The summed E-state index contributed by atoms with van der Waals surface area (Å²) in [4.78, 5) is 24.0. The summed E-state index contributed by atoms with van der Waals surface area (Å²) in [5.41, 5.74) is 3.68. The molecule has 0 radical (unpaired) electrons. The van der Waals surface area contributed by atoms with Gasteiger partial charge in [0.05, 0.1) is 33.0 Å². The zero-order chi connectivity index (χ0) is 21.8. The van der Waals surface area contributed by atoms with Crippen LogP contribution in [0.2, 0.25) is 5.02 Å². The summed E-state index contributed by atoms with van der Waals surface area (Å²) >= 11 is 7.50. The fourth-order valence-electron chi connectivity index (χ4n) is 3.42. The summed E-state index contributed by atoms with van der Waals surface area (Å²) in [6.07, 6.45) is 3.76. The highest BCUT2D eigenvalue weighted by Gasteiger charge is 2.22. The number of fused-ring (bicyclic) bond motifs is 1. The molecule has 8 heteroatoms. The quantitative estimate of drug-likeness (QED) is 0.503. The van der Waals surface area contributed by atoms with Crippen molar-refractivity contribution in [3.63, 3.8) is 0 Å². The molecule has 6 nitrogen and oxygen atoms in total. The van der Waals surface area contributed by atoms with Crippen molar-refractivity contribution in [3.05, 3.63) is 64.3 Å². The van der Waals surface area contributed by atoms with Gasteiger partial charge in [-0.05, 0) is 60.8 Å². The van der Waals surface area contributed by atoms with Crippen LogP contribution in [0.15, 0.2) is 58.7 Å². The Morgan fingerprint density at radius 1 is 1.19 bits per heavy atom. The normalized spacial score (nSPS) is 15.3. The number of imidazole rings is 1. The van der Waals surface area contributed by atoms with Crippen molar-refractivity contribution in [1.29, 1.82) is 0 Å². The van der Waals surface area contributed by atoms with Crippen LogP contribution in [0.1, 0.15) is 19.4 Å². The Morgan fingerprint density at radius 2 is 2.00 bits per heavy atom. The fourth-order valence-corrected chi connectivity index (χ4v) is 4.43. The van der Waals surface area contributed by atoms with E-state index in [-0.39, 0.29) is 5.91 Å². The molecule has 0 saturated heterocycles. The minimum atomic E-state index is -0.255. The number of likely N-dealkylation sites (N-methyl/N-ethyl adjacent to an activating group) is 1. The molecule has 1 aliphatic rings. The molecule has 1 aliphatic heterocycles. The van der Waals surface area contributed by atoms with Crippen molar-refractivity contribution in [2.45, 2.75) is 20.4 Å². The number of para-hydroxylation sites is 1. The second-order valence-corrected chi connectivity index (χ2v) is 8.59. The number of rotatable bonds is 7. The molecule has 0 fully saturated rings. The first kappa shape index (κ1) is 21.6. The number of anilines is 1. The van der Waals surface area contributed by atoms with Crippen molar-refractivity contribution in [3.8, 4) is 0 Å². The number of carbonyl (C=O) groups excluding carboxylic acids is 1. The van der Waals surface area contributed by atoms with Crippen molar-refractivity contribution < 1.29 is 4.79 Å². The van der Waals surface area contributed by atoms with Gasteiger partial charge in [-0.25, -0.2) is 4.98 Å². The van der Waals surface area contributed by atoms with Crippen molar-refractivity contribution in [2.75, 3.05) is 25.0 Å². The van der Waals surface area contributed by atoms with E-state index in [0.29, 0.717) is 15.1 Å². The number of nitrogens with zero attached hydrogens (tertiary/aromatic N) is 4. The third-order valence-corrected chi connectivity index (χ3v) is 6.46. The predicted octanol–water partition coefficient (Wildman–Crippen LogP) is 5.11. The average Bonchev–Trinajstić information content (AvgIpc) is 3.33. The van der Waals surface area contributed by atoms with E-state index in [4.69, 9.17) is 11.6 Å². The number of thioether (sulfide) groups is 1. The SMILES string of the molecule is CCN(CC)CCn1cnc2ccc(/C=C3\SC(Nc4ccccc4Cl)=NC3=O)cc21. The van der Waals surface area contributed by atoms with E-state index in [9.17, 15) is 4.79 Å². The van der Waals surface area contributed by atoms with Gasteiger partial charge in [0.2, 0.25) is 0 Å². The van der Waals surface area contributed by atoms with Crippen molar-refractivity contribution in [1.82, 2.24) is 14.5 Å². The number of amides is 1. The molecule has 1 N–H and O–H groups in total. The molecule has 2 heterocycles. The Balaban J connectivity index is 1.51. The van der Waals surface area contributed by atoms with Crippen LogP contribution in [0, 0.1) is 0 Å². The minimum absolute atomic E-state index is 0.255. The molecule has 1 amide bonds. The number of nitrogens with one attached hydrogen (secondary N) is 1. The number of aromatic nitrogens is 2. The molecule has 0 saturated carbocycles. The first-order valence-electron chi connectivity index (χ1n) is 10.3. The largest absolute Gasteiger partial charge is 0.333 e. The van der Waals surface area contributed by atoms with Crippen molar-refractivity contribution >= 4 is 57.2 Å². The van der Waals surface area contributed by atoms with E-state index in [1.807, 2.05) is 42.7 Å². The average molecular weight is 454 g/mol. The summed E-state index contributed by atoms with van der Waals surface area (Å²) in [5.74, 6) is -0.255. The van der Waals surface area contributed by atoms with E-state index in [0.717, 1.165) is 48.5 Å². The lowest BCUT2D eigenvalue weighted by Crippen LogP contribution is -2.26. The maximum absolute atomic E-state index is 12.4. The van der Waals surface area contributed by atoms with Crippen molar-refractivity contribution in [2.24, 2.45) is 4.99 Å². The zero-order valence-electron chi connectivity index (χ0n) is 17.5. The van der Waals surface area contributed by atoms with Gasteiger partial charge in [0.1, 0.15) is 0 Å².